The lowest BCUT2D eigenvalue weighted by atomic mass is 9.87. The van der Waals surface area contributed by atoms with Gasteiger partial charge in [-0.1, -0.05) is 55.4 Å². The van der Waals surface area contributed by atoms with Crippen LogP contribution in [0.2, 0.25) is 0 Å². The molecule has 0 saturated carbocycles. The van der Waals surface area contributed by atoms with Crippen LogP contribution in [-0.2, 0) is 0 Å². The summed E-state index contributed by atoms with van der Waals surface area (Å²) < 4.78 is 4.90. The second kappa shape index (κ2) is 11.9. The third-order valence-corrected chi connectivity index (χ3v) is 6.05. The third-order valence-electron chi connectivity index (χ3n) is 6.05. The molecule has 0 aromatic rings. The number of nitrogens with zero attached hydrogens (tertiary/aromatic N) is 2. The van der Waals surface area contributed by atoms with Gasteiger partial charge in [-0.3, -0.25) is 30.4 Å². The highest BCUT2D eigenvalue weighted by Gasteiger charge is 2.39. The first-order valence-corrected chi connectivity index (χ1v) is 12.2. The lowest BCUT2D eigenvalue weighted by Crippen LogP contribution is -2.61. The van der Waals surface area contributed by atoms with Crippen LogP contribution in [0, 0.1) is 21.7 Å². The molecule has 0 amide bonds. The van der Waals surface area contributed by atoms with Crippen LogP contribution in [0.4, 0.5) is 9.59 Å². The Bertz CT molecular complexity index is 733. The van der Waals surface area contributed by atoms with E-state index in [0.717, 1.165) is 52.4 Å². The summed E-state index contributed by atoms with van der Waals surface area (Å²) in [5, 5.41) is 44.5. The molecule has 0 spiro atoms. The smallest absolute Gasteiger partial charge is 0.345 e. The van der Waals surface area contributed by atoms with Crippen molar-refractivity contribution in [3.05, 3.63) is 0 Å². The molecular formula is C24H46N6O6. The second-order valence-corrected chi connectivity index (χ2v) is 13.0. The highest BCUT2D eigenvalue weighted by atomic mass is 16.6. The van der Waals surface area contributed by atoms with Gasteiger partial charge >= 0.3 is 11.9 Å². The molecule has 12 nitrogen and oxygen atoms in total. The van der Waals surface area contributed by atoms with Gasteiger partial charge in [0.2, 0.25) is 12.3 Å². The van der Waals surface area contributed by atoms with E-state index in [1.807, 2.05) is 0 Å². The maximum atomic E-state index is 8.44. The van der Waals surface area contributed by atoms with E-state index in [9.17, 15) is 0 Å². The first-order chi connectivity index (χ1) is 16.2. The van der Waals surface area contributed by atoms with E-state index in [1.165, 1.54) is 11.9 Å². The fourth-order valence-corrected chi connectivity index (χ4v) is 4.58. The summed E-state index contributed by atoms with van der Waals surface area (Å²) in [4.78, 5) is 16.9. The van der Waals surface area contributed by atoms with E-state index in [0.29, 0.717) is 21.7 Å². The lowest BCUT2D eigenvalue weighted by molar-refractivity contribution is -0.566. The van der Waals surface area contributed by atoms with E-state index < -0.39 is 12.3 Å². The summed E-state index contributed by atoms with van der Waals surface area (Å²) in [5.41, 5.74) is 1.55. The summed E-state index contributed by atoms with van der Waals surface area (Å²) in [6.07, 6.45) is -4.17. The molecule has 0 unspecified atom stereocenters. The molecule has 208 valence electrons. The molecule has 0 aliphatic carbocycles. The molecule has 4 aliphatic rings. The van der Waals surface area contributed by atoms with Gasteiger partial charge < -0.3 is 30.0 Å². The Morgan fingerprint density at radius 3 is 0.917 bits per heavy atom. The fourth-order valence-electron chi connectivity index (χ4n) is 4.58. The average Bonchev–Trinajstić information content (AvgIpc) is 2.64. The van der Waals surface area contributed by atoms with Crippen LogP contribution < -0.4 is 31.5 Å². The zero-order chi connectivity index (χ0) is 27.9. The summed E-state index contributed by atoms with van der Waals surface area (Å²) >= 11 is 0. The van der Waals surface area contributed by atoms with Crippen LogP contribution >= 0.6 is 0 Å². The van der Waals surface area contributed by atoms with Gasteiger partial charge in [0.05, 0.1) is 52.4 Å². The van der Waals surface area contributed by atoms with E-state index in [-0.39, 0.29) is 0 Å². The molecule has 0 fully saturated rings. The normalized spacial score (nSPS) is 23.8. The van der Waals surface area contributed by atoms with E-state index in [4.69, 9.17) is 30.0 Å². The summed E-state index contributed by atoms with van der Waals surface area (Å²) in [5.74, 6) is 2.48. The summed E-state index contributed by atoms with van der Waals surface area (Å²) in [6.45, 7) is 27.5. The van der Waals surface area contributed by atoms with Gasteiger partial charge in [-0.2, -0.15) is 0 Å². The topological polar surface area (TPSA) is 175 Å². The highest BCUT2D eigenvalue weighted by molar-refractivity contribution is 5.76. The number of hydrogen-bond donors (Lipinski definition) is 6. The number of carbonyl (C=O) groups is 2. The van der Waals surface area contributed by atoms with Crippen molar-refractivity contribution in [3.63, 3.8) is 0 Å². The number of nitrogens with one attached hydrogen (secondary N) is 4. The molecule has 0 atom stereocenters. The number of carboxylic acid groups (broad SMARTS) is 4. The van der Waals surface area contributed by atoms with Crippen LogP contribution in [0.1, 0.15) is 55.4 Å². The number of hydrogen-bond acceptors (Lipinski definition) is 8. The Kier molecular flexibility index (Phi) is 10.3. The largest absolute Gasteiger partial charge is 0.565 e. The third kappa shape index (κ3) is 11.7. The maximum absolute atomic E-state index is 8.44. The molecule has 0 aromatic heterocycles. The minimum atomic E-state index is -2.08. The van der Waals surface area contributed by atoms with Crippen LogP contribution in [0.3, 0.4) is 0 Å². The van der Waals surface area contributed by atoms with Crippen molar-refractivity contribution in [2.45, 2.75) is 55.4 Å². The van der Waals surface area contributed by atoms with Crippen molar-refractivity contribution in [1.29, 1.82) is 0 Å². The maximum Gasteiger partial charge on any atom is 0.345 e. The predicted octanol–water partition coefficient (Wildman–Crippen LogP) is -0.997. The Labute approximate surface area is 214 Å². The molecule has 4 heterocycles. The Balaban J connectivity index is 0.000000279. The molecule has 4 rings (SSSR count). The lowest BCUT2D eigenvalue weighted by Gasteiger charge is -2.38. The van der Waals surface area contributed by atoms with Gasteiger partial charge in [0.25, 0.3) is 0 Å². The van der Waals surface area contributed by atoms with E-state index in [1.54, 1.807) is 0 Å². The zero-order valence-corrected chi connectivity index (χ0v) is 23.1. The minimum Gasteiger partial charge on any atom is -0.565 e. The summed E-state index contributed by atoms with van der Waals surface area (Å²) in [6, 6.07) is 0. The van der Waals surface area contributed by atoms with Crippen molar-refractivity contribution < 1.29 is 39.2 Å². The Hall–Kier alpha value is -2.92. The van der Waals surface area contributed by atoms with Crippen molar-refractivity contribution in [1.82, 2.24) is 21.3 Å². The van der Waals surface area contributed by atoms with Crippen molar-refractivity contribution in [2.24, 2.45) is 21.7 Å². The van der Waals surface area contributed by atoms with Gasteiger partial charge in [0.15, 0.2) is 0 Å². The molecule has 4 aliphatic heterocycles. The van der Waals surface area contributed by atoms with E-state index >= 15 is 0 Å². The molecule has 36 heavy (non-hydrogen) atoms. The van der Waals surface area contributed by atoms with Crippen molar-refractivity contribution >= 4 is 24.2 Å². The Morgan fingerprint density at radius 2 is 0.750 bits per heavy atom. The van der Waals surface area contributed by atoms with Crippen LogP contribution in [0.15, 0.2) is 0 Å². The summed E-state index contributed by atoms with van der Waals surface area (Å²) in [7, 11) is 0. The number of rotatable bonds is 0. The monoisotopic (exact) mass is 514 g/mol. The van der Waals surface area contributed by atoms with Gasteiger partial charge in [-0.25, -0.2) is 0 Å². The van der Waals surface area contributed by atoms with Crippen molar-refractivity contribution in [2.75, 3.05) is 52.4 Å². The van der Waals surface area contributed by atoms with Gasteiger partial charge in [0.1, 0.15) is 0 Å². The fraction of sp³-hybridized carbons (Fsp3) is 0.833. The predicted molar refractivity (Wildman–Crippen MR) is 133 cm³/mol. The first kappa shape index (κ1) is 31.1. The van der Waals surface area contributed by atoms with Crippen LogP contribution in [0.25, 0.3) is 0 Å². The van der Waals surface area contributed by atoms with Crippen LogP contribution in [-0.4, -0.2) is 96.0 Å². The molecule has 0 bridgehead atoms. The minimum absolute atomic E-state index is 0.387. The molecule has 0 aromatic carbocycles. The van der Waals surface area contributed by atoms with Gasteiger partial charge in [0, 0.05) is 21.7 Å². The van der Waals surface area contributed by atoms with E-state index in [2.05, 4.69) is 85.8 Å². The molecule has 12 heteroatoms. The van der Waals surface area contributed by atoms with Crippen LogP contribution in [0.5, 0.6) is 0 Å². The molecule has 0 radical (unpaired) electrons. The molecule has 6 N–H and O–H groups in total. The second-order valence-electron chi connectivity index (χ2n) is 13.0. The SMILES string of the molecule is CC1(C)CNC2=[N+](C1)CC(C)(C)CN2.CC1(C)CNC2=[N+](C1)CC(C)(C)CN2.O=C([O-])O.O=C([O-])O. The standard InChI is InChI=1S/2C11H21N3.2CH2O3/c2*1-10(2)5-12-9-13-6-11(3,4)8-14(9)7-10;2*2-1(3)4/h2*5-8H2,1-4H3,(H,12,13);2*(H2,2,3,4). The first-order valence-electron chi connectivity index (χ1n) is 12.2. The number of guanidine groups is 2. The quantitative estimate of drug-likeness (QED) is 0.220. The molecule has 0 saturated heterocycles. The molecular weight excluding hydrogens is 468 g/mol. The Morgan fingerprint density at radius 1 is 0.583 bits per heavy atom. The van der Waals surface area contributed by atoms with Gasteiger partial charge in [-0.05, 0) is 0 Å². The average molecular weight is 515 g/mol. The highest BCUT2D eigenvalue weighted by Crippen LogP contribution is 2.24. The zero-order valence-electron chi connectivity index (χ0n) is 23.1. The van der Waals surface area contributed by atoms with Crippen molar-refractivity contribution in [3.8, 4) is 0 Å². The van der Waals surface area contributed by atoms with Gasteiger partial charge in [-0.15, -0.1) is 0 Å².